The van der Waals surface area contributed by atoms with Gasteiger partial charge >= 0.3 is 17.9 Å². The highest BCUT2D eigenvalue weighted by Gasteiger charge is 2.19. The zero-order valence-corrected chi connectivity index (χ0v) is 41.9. The molecular weight excluding hydrogens is 769 g/mol. The van der Waals surface area contributed by atoms with Crippen LogP contribution in [0.1, 0.15) is 310 Å². The number of hydrogen-bond donors (Lipinski definition) is 0. The van der Waals surface area contributed by atoms with Crippen molar-refractivity contribution in [3.63, 3.8) is 0 Å². The SMILES string of the molecule is CCCCC/C=C\CCCCCCCC(=O)OC(COC(=O)CCCCCCC)COC(=O)CCCCCCCCCCCCCCCCCCCCCCCCCCCCC. The first kappa shape index (κ1) is 60.2. The summed E-state index contributed by atoms with van der Waals surface area (Å²) in [6.07, 6.45) is 58.4. The molecule has 0 aliphatic rings. The second-order valence-electron chi connectivity index (χ2n) is 18.9. The van der Waals surface area contributed by atoms with Gasteiger partial charge in [0.25, 0.3) is 0 Å². The average molecular weight is 875 g/mol. The number of hydrogen-bond acceptors (Lipinski definition) is 6. The van der Waals surface area contributed by atoms with Crippen LogP contribution in [0.15, 0.2) is 12.2 Å². The van der Waals surface area contributed by atoms with E-state index in [1.165, 1.54) is 199 Å². The highest BCUT2D eigenvalue weighted by molar-refractivity contribution is 5.71. The van der Waals surface area contributed by atoms with E-state index in [1.54, 1.807) is 0 Å². The molecule has 0 amide bonds. The summed E-state index contributed by atoms with van der Waals surface area (Å²) in [4.78, 5) is 37.6. The fraction of sp³-hybridized carbons (Fsp3) is 0.911. The predicted molar refractivity (Wildman–Crippen MR) is 266 cm³/mol. The molecule has 0 saturated heterocycles. The fourth-order valence-corrected chi connectivity index (χ4v) is 8.32. The lowest BCUT2D eigenvalue weighted by atomic mass is 10.0. The Bertz CT molecular complexity index is 962. The Morgan fingerprint density at radius 3 is 0.839 bits per heavy atom. The molecule has 0 bridgehead atoms. The van der Waals surface area contributed by atoms with Crippen LogP contribution in [0.3, 0.4) is 0 Å². The van der Waals surface area contributed by atoms with Crippen LogP contribution >= 0.6 is 0 Å². The minimum absolute atomic E-state index is 0.0696. The summed E-state index contributed by atoms with van der Waals surface area (Å²) in [6.45, 7) is 6.56. The Morgan fingerprint density at radius 1 is 0.306 bits per heavy atom. The first-order chi connectivity index (χ1) is 30.5. The predicted octanol–water partition coefficient (Wildman–Crippen LogP) is 18.2. The van der Waals surface area contributed by atoms with Gasteiger partial charge in [0.05, 0.1) is 0 Å². The van der Waals surface area contributed by atoms with E-state index in [4.69, 9.17) is 14.2 Å². The lowest BCUT2D eigenvalue weighted by Crippen LogP contribution is -2.30. The molecule has 1 atom stereocenters. The van der Waals surface area contributed by atoms with Crippen LogP contribution in [-0.2, 0) is 28.6 Å². The van der Waals surface area contributed by atoms with E-state index in [-0.39, 0.29) is 31.1 Å². The van der Waals surface area contributed by atoms with E-state index in [0.717, 1.165) is 70.6 Å². The van der Waals surface area contributed by atoms with Crippen molar-refractivity contribution in [3.8, 4) is 0 Å². The van der Waals surface area contributed by atoms with Gasteiger partial charge in [0.15, 0.2) is 6.10 Å². The number of unbranched alkanes of at least 4 members (excludes halogenated alkanes) is 38. The number of carbonyl (C=O) groups is 3. The molecule has 0 heterocycles. The van der Waals surface area contributed by atoms with Crippen LogP contribution in [0.5, 0.6) is 0 Å². The molecule has 0 spiro atoms. The summed E-state index contributed by atoms with van der Waals surface area (Å²) in [5, 5.41) is 0. The molecule has 0 aromatic heterocycles. The van der Waals surface area contributed by atoms with Gasteiger partial charge in [-0.3, -0.25) is 14.4 Å². The molecule has 0 aliphatic heterocycles. The largest absolute Gasteiger partial charge is 0.462 e. The van der Waals surface area contributed by atoms with Crippen molar-refractivity contribution < 1.29 is 28.6 Å². The van der Waals surface area contributed by atoms with E-state index in [1.807, 2.05) is 0 Å². The van der Waals surface area contributed by atoms with Crippen molar-refractivity contribution in [3.05, 3.63) is 12.2 Å². The van der Waals surface area contributed by atoms with Gasteiger partial charge in [-0.15, -0.1) is 0 Å². The maximum Gasteiger partial charge on any atom is 0.306 e. The van der Waals surface area contributed by atoms with Crippen molar-refractivity contribution in [1.29, 1.82) is 0 Å². The minimum atomic E-state index is -0.765. The Kier molecular flexibility index (Phi) is 50.2. The Balaban J connectivity index is 3.93. The molecule has 0 rings (SSSR count). The van der Waals surface area contributed by atoms with Gasteiger partial charge in [-0.2, -0.15) is 0 Å². The molecule has 0 aromatic rings. The van der Waals surface area contributed by atoms with Crippen LogP contribution in [-0.4, -0.2) is 37.2 Å². The number of ether oxygens (including phenoxy) is 3. The van der Waals surface area contributed by atoms with Crippen LogP contribution in [0.2, 0.25) is 0 Å². The normalized spacial score (nSPS) is 12.0. The molecular formula is C56H106O6. The van der Waals surface area contributed by atoms with Gasteiger partial charge in [0.1, 0.15) is 13.2 Å². The molecule has 0 aliphatic carbocycles. The summed E-state index contributed by atoms with van der Waals surface area (Å²) in [5.41, 5.74) is 0. The monoisotopic (exact) mass is 875 g/mol. The minimum Gasteiger partial charge on any atom is -0.462 e. The standard InChI is InChI=1S/C56H106O6/c1-4-7-10-13-15-17-19-21-22-23-24-25-26-27-28-29-30-31-32-33-34-35-37-38-40-43-46-49-55(58)61-52-53(51-60-54(57)48-45-42-12-9-6-3)62-56(59)50-47-44-41-39-36-20-18-16-14-11-8-5-2/h16,18,53H,4-15,17,19-52H2,1-3H3/b18-16-. The highest BCUT2D eigenvalue weighted by Crippen LogP contribution is 2.17. The summed E-state index contributed by atoms with van der Waals surface area (Å²) in [7, 11) is 0. The number of carbonyl (C=O) groups excluding carboxylic acids is 3. The Hall–Kier alpha value is -1.85. The zero-order chi connectivity index (χ0) is 45.1. The van der Waals surface area contributed by atoms with Crippen molar-refractivity contribution >= 4 is 17.9 Å². The molecule has 0 saturated carbocycles. The van der Waals surface area contributed by atoms with E-state index >= 15 is 0 Å². The molecule has 1 unspecified atom stereocenters. The maximum absolute atomic E-state index is 12.7. The van der Waals surface area contributed by atoms with E-state index in [0.29, 0.717) is 19.3 Å². The van der Waals surface area contributed by atoms with Gasteiger partial charge in [0, 0.05) is 19.3 Å². The third-order valence-electron chi connectivity index (χ3n) is 12.5. The molecule has 6 heteroatoms. The third-order valence-corrected chi connectivity index (χ3v) is 12.5. The van der Waals surface area contributed by atoms with Crippen LogP contribution < -0.4 is 0 Å². The fourth-order valence-electron chi connectivity index (χ4n) is 8.32. The lowest BCUT2D eigenvalue weighted by molar-refractivity contribution is -0.167. The van der Waals surface area contributed by atoms with Crippen LogP contribution in [0.4, 0.5) is 0 Å². The molecule has 366 valence electrons. The third kappa shape index (κ3) is 49.2. The summed E-state index contributed by atoms with van der Waals surface area (Å²) >= 11 is 0. The van der Waals surface area contributed by atoms with Gasteiger partial charge in [0.2, 0.25) is 0 Å². The zero-order valence-electron chi connectivity index (χ0n) is 41.9. The quantitative estimate of drug-likeness (QED) is 0.0262. The molecule has 0 fully saturated rings. The lowest BCUT2D eigenvalue weighted by Gasteiger charge is -2.18. The van der Waals surface area contributed by atoms with Crippen molar-refractivity contribution in [1.82, 2.24) is 0 Å². The van der Waals surface area contributed by atoms with E-state index in [9.17, 15) is 14.4 Å². The number of rotatable bonds is 51. The smallest absolute Gasteiger partial charge is 0.306 e. The van der Waals surface area contributed by atoms with Crippen LogP contribution in [0.25, 0.3) is 0 Å². The number of esters is 3. The van der Waals surface area contributed by atoms with Gasteiger partial charge in [-0.05, 0) is 44.9 Å². The summed E-state index contributed by atoms with van der Waals surface area (Å²) in [5.74, 6) is -0.878. The first-order valence-corrected chi connectivity index (χ1v) is 27.7. The second-order valence-corrected chi connectivity index (χ2v) is 18.9. The average Bonchev–Trinajstić information content (AvgIpc) is 3.27. The van der Waals surface area contributed by atoms with Crippen LogP contribution in [0, 0.1) is 0 Å². The molecule has 0 radical (unpaired) electrons. The summed E-state index contributed by atoms with van der Waals surface area (Å²) < 4.78 is 16.7. The summed E-state index contributed by atoms with van der Waals surface area (Å²) in [6, 6.07) is 0. The van der Waals surface area contributed by atoms with Crippen molar-refractivity contribution in [2.45, 2.75) is 316 Å². The van der Waals surface area contributed by atoms with Crippen molar-refractivity contribution in [2.24, 2.45) is 0 Å². The highest BCUT2D eigenvalue weighted by atomic mass is 16.6. The Labute approximate surface area is 386 Å². The molecule has 0 N–H and O–H groups in total. The molecule has 62 heavy (non-hydrogen) atoms. The second kappa shape index (κ2) is 51.8. The first-order valence-electron chi connectivity index (χ1n) is 27.7. The molecule has 0 aromatic carbocycles. The Morgan fingerprint density at radius 2 is 0.532 bits per heavy atom. The maximum atomic E-state index is 12.7. The van der Waals surface area contributed by atoms with E-state index in [2.05, 4.69) is 32.9 Å². The van der Waals surface area contributed by atoms with Gasteiger partial charge in [-0.1, -0.05) is 258 Å². The number of allylic oxidation sites excluding steroid dienone is 2. The van der Waals surface area contributed by atoms with Gasteiger partial charge < -0.3 is 14.2 Å². The van der Waals surface area contributed by atoms with Gasteiger partial charge in [-0.25, -0.2) is 0 Å². The molecule has 6 nitrogen and oxygen atoms in total. The van der Waals surface area contributed by atoms with E-state index < -0.39 is 6.10 Å². The van der Waals surface area contributed by atoms with Crippen molar-refractivity contribution in [2.75, 3.05) is 13.2 Å². The topological polar surface area (TPSA) is 78.9 Å².